The van der Waals surface area contributed by atoms with Crippen LogP contribution in [0.5, 0.6) is 11.5 Å². The van der Waals surface area contributed by atoms with Gasteiger partial charge in [0.1, 0.15) is 17.3 Å². The number of rotatable bonds is 8. The number of aryl methyl sites for hydroxylation is 1. The van der Waals surface area contributed by atoms with Gasteiger partial charge in [0.05, 0.1) is 24.8 Å². The summed E-state index contributed by atoms with van der Waals surface area (Å²) in [5.41, 5.74) is 1.97. The summed E-state index contributed by atoms with van der Waals surface area (Å²) in [5, 5.41) is 0. The van der Waals surface area contributed by atoms with E-state index >= 15 is 0 Å². The van der Waals surface area contributed by atoms with Crippen molar-refractivity contribution >= 4 is 16.9 Å². The monoisotopic (exact) mass is 435 g/mol. The second kappa shape index (κ2) is 9.23. The van der Waals surface area contributed by atoms with Gasteiger partial charge in [-0.3, -0.25) is 4.79 Å². The SMILES string of the molecule is COc1ccc(OCCCCn2c([C@@H]3CC(=O)N(C(C)(C)C)C3)nc3ccccc32)cc1. The van der Waals surface area contributed by atoms with Crippen LogP contribution >= 0.6 is 0 Å². The molecule has 4 rings (SSSR count). The molecule has 1 aliphatic heterocycles. The largest absolute Gasteiger partial charge is 0.497 e. The van der Waals surface area contributed by atoms with E-state index in [1.54, 1.807) is 7.11 Å². The molecule has 6 heteroatoms. The lowest BCUT2D eigenvalue weighted by Crippen LogP contribution is -2.42. The Morgan fingerprint density at radius 2 is 1.75 bits per heavy atom. The average Bonchev–Trinajstić information content (AvgIpc) is 3.34. The fourth-order valence-electron chi connectivity index (χ4n) is 4.40. The van der Waals surface area contributed by atoms with E-state index in [2.05, 4.69) is 43.5 Å². The Morgan fingerprint density at radius 1 is 1.03 bits per heavy atom. The van der Waals surface area contributed by atoms with Crippen molar-refractivity contribution in [3.8, 4) is 11.5 Å². The summed E-state index contributed by atoms with van der Waals surface area (Å²) >= 11 is 0. The summed E-state index contributed by atoms with van der Waals surface area (Å²) in [6.07, 6.45) is 2.45. The molecule has 6 nitrogen and oxygen atoms in total. The van der Waals surface area contributed by atoms with Crippen molar-refractivity contribution < 1.29 is 14.3 Å². The Kier molecular flexibility index (Phi) is 6.40. The summed E-state index contributed by atoms with van der Waals surface area (Å²) in [5.74, 6) is 3.06. The Morgan fingerprint density at radius 3 is 2.44 bits per heavy atom. The van der Waals surface area contributed by atoms with E-state index in [0.29, 0.717) is 13.0 Å². The Labute approximate surface area is 190 Å². The van der Waals surface area contributed by atoms with Gasteiger partial charge in [-0.15, -0.1) is 0 Å². The lowest BCUT2D eigenvalue weighted by molar-refractivity contribution is -0.131. The van der Waals surface area contributed by atoms with E-state index in [1.165, 1.54) is 0 Å². The molecule has 1 aromatic heterocycles. The standard InChI is InChI=1S/C26H33N3O3/c1-26(2,3)29-18-19(17-24(29)30)25-27-22-9-5-6-10-23(22)28(25)15-7-8-16-32-21-13-11-20(31-4)12-14-21/h5-6,9-14,19H,7-8,15-18H2,1-4H3/t19-/m1/s1. The van der Waals surface area contributed by atoms with Crippen LogP contribution in [0.2, 0.25) is 0 Å². The summed E-state index contributed by atoms with van der Waals surface area (Å²) in [6, 6.07) is 15.9. The van der Waals surface area contributed by atoms with Crippen LogP contribution in [-0.4, -0.2) is 46.2 Å². The number of methoxy groups -OCH3 is 1. The van der Waals surface area contributed by atoms with Gasteiger partial charge in [-0.25, -0.2) is 4.98 Å². The normalized spacial score (nSPS) is 16.7. The van der Waals surface area contributed by atoms with E-state index in [1.807, 2.05) is 35.2 Å². The third-order valence-electron chi connectivity index (χ3n) is 6.09. The minimum atomic E-state index is -0.165. The highest BCUT2D eigenvalue weighted by Crippen LogP contribution is 2.34. The summed E-state index contributed by atoms with van der Waals surface area (Å²) in [7, 11) is 1.66. The van der Waals surface area contributed by atoms with Gasteiger partial charge < -0.3 is 18.9 Å². The van der Waals surface area contributed by atoms with E-state index in [0.717, 1.165) is 54.3 Å². The number of ether oxygens (including phenoxy) is 2. The number of amides is 1. The molecule has 2 aromatic carbocycles. The van der Waals surface area contributed by atoms with Crippen molar-refractivity contribution in [2.24, 2.45) is 0 Å². The molecule has 0 aliphatic carbocycles. The van der Waals surface area contributed by atoms with E-state index in [4.69, 9.17) is 14.5 Å². The molecule has 1 fully saturated rings. The molecule has 0 radical (unpaired) electrons. The van der Waals surface area contributed by atoms with Crippen LogP contribution in [0.25, 0.3) is 11.0 Å². The molecule has 3 aromatic rings. The Hall–Kier alpha value is -3.02. The van der Waals surface area contributed by atoms with Gasteiger partial charge in [-0.2, -0.15) is 0 Å². The highest BCUT2D eigenvalue weighted by Gasteiger charge is 2.38. The number of para-hydroxylation sites is 2. The molecule has 0 N–H and O–H groups in total. The number of carbonyl (C=O) groups is 1. The van der Waals surface area contributed by atoms with Crippen molar-refractivity contribution in [1.82, 2.24) is 14.5 Å². The first-order valence-corrected chi connectivity index (χ1v) is 11.4. The number of hydrogen-bond donors (Lipinski definition) is 0. The zero-order valence-corrected chi connectivity index (χ0v) is 19.5. The van der Waals surface area contributed by atoms with Gasteiger partial charge in [-0.05, 0) is 70.0 Å². The van der Waals surface area contributed by atoms with Gasteiger partial charge in [0.2, 0.25) is 5.91 Å². The smallest absolute Gasteiger partial charge is 0.223 e. The first kappa shape index (κ1) is 22.2. The predicted octanol–water partition coefficient (Wildman–Crippen LogP) is 5.02. The van der Waals surface area contributed by atoms with Crippen molar-refractivity contribution in [2.45, 2.75) is 58.0 Å². The Bertz CT molecular complexity index is 1070. The summed E-state index contributed by atoms with van der Waals surface area (Å²) in [6.45, 7) is 8.54. The Balaban J connectivity index is 1.42. The molecule has 1 aliphatic rings. The number of imidazole rings is 1. The molecule has 170 valence electrons. The average molecular weight is 436 g/mol. The van der Waals surface area contributed by atoms with Gasteiger partial charge in [0.15, 0.2) is 0 Å². The van der Waals surface area contributed by atoms with Gasteiger partial charge in [0.25, 0.3) is 0 Å². The molecule has 0 spiro atoms. The topological polar surface area (TPSA) is 56.6 Å². The molecule has 1 atom stereocenters. The molecule has 32 heavy (non-hydrogen) atoms. The maximum Gasteiger partial charge on any atom is 0.223 e. The molecule has 1 saturated heterocycles. The zero-order valence-electron chi connectivity index (χ0n) is 19.5. The number of hydrogen-bond acceptors (Lipinski definition) is 4. The second-order valence-electron chi connectivity index (χ2n) is 9.42. The van der Waals surface area contributed by atoms with Crippen molar-refractivity contribution in [2.75, 3.05) is 20.3 Å². The van der Waals surface area contributed by atoms with Gasteiger partial charge in [0, 0.05) is 31.0 Å². The molecule has 0 bridgehead atoms. The number of benzene rings is 2. The minimum Gasteiger partial charge on any atom is -0.497 e. The van der Waals surface area contributed by atoms with Crippen LogP contribution in [0.3, 0.4) is 0 Å². The number of fused-ring (bicyclic) bond motifs is 1. The predicted molar refractivity (Wildman–Crippen MR) is 126 cm³/mol. The number of aromatic nitrogens is 2. The van der Waals surface area contributed by atoms with Crippen LogP contribution in [0.15, 0.2) is 48.5 Å². The quantitative estimate of drug-likeness (QED) is 0.466. The van der Waals surface area contributed by atoms with Crippen LogP contribution in [0, 0.1) is 0 Å². The first-order valence-electron chi connectivity index (χ1n) is 11.4. The molecular formula is C26H33N3O3. The van der Waals surface area contributed by atoms with Crippen LogP contribution < -0.4 is 9.47 Å². The van der Waals surface area contributed by atoms with Crippen molar-refractivity contribution in [3.63, 3.8) is 0 Å². The van der Waals surface area contributed by atoms with E-state index < -0.39 is 0 Å². The summed E-state index contributed by atoms with van der Waals surface area (Å²) in [4.78, 5) is 19.6. The van der Waals surface area contributed by atoms with Crippen LogP contribution in [-0.2, 0) is 11.3 Å². The van der Waals surface area contributed by atoms with Crippen molar-refractivity contribution in [3.05, 3.63) is 54.4 Å². The number of carbonyl (C=O) groups excluding carboxylic acids is 1. The molecule has 2 heterocycles. The highest BCUT2D eigenvalue weighted by molar-refractivity contribution is 5.81. The fourth-order valence-corrected chi connectivity index (χ4v) is 4.40. The van der Waals surface area contributed by atoms with Gasteiger partial charge in [-0.1, -0.05) is 12.1 Å². The highest BCUT2D eigenvalue weighted by atomic mass is 16.5. The van der Waals surface area contributed by atoms with Crippen LogP contribution in [0.1, 0.15) is 51.8 Å². The molecular weight excluding hydrogens is 402 g/mol. The third kappa shape index (κ3) is 4.74. The molecule has 0 saturated carbocycles. The number of unbranched alkanes of at least 4 members (excludes halogenated alkanes) is 1. The summed E-state index contributed by atoms with van der Waals surface area (Å²) < 4.78 is 13.4. The van der Waals surface area contributed by atoms with Crippen molar-refractivity contribution in [1.29, 1.82) is 0 Å². The lowest BCUT2D eigenvalue weighted by Gasteiger charge is -2.32. The third-order valence-corrected chi connectivity index (χ3v) is 6.09. The minimum absolute atomic E-state index is 0.129. The second-order valence-corrected chi connectivity index (χ2v) is 9.42. The molecule has 0 unspecified atom stereocenters. The number of likely N-dealkylation sites (tertiary alicyclic amines) is 1. The maximum absolute atomic E-state index is 12.7. The lowest BCUT2D eigenvalue weighted by atomic mass is 10.1. The first-order chi connectivity index (χ1) is 15.4. The van der Waals surface area contributed by atoms with E-state index in [9.17, 15) is 4.79 Å². The van der Waals surface area contributed by atoms with Gasteiger partial charge >= 0.3 is 0 Å². The zero-order chi connectivity index (χ0) is 22.7. The van der Waals surface area contributed by atoms with Crippen LogP contribution in [0.4, 0.5) is 0 Å². The number of nitrogens with zero attached hydrogens (tertiary/aromatic N) is 3. The maximum atomic E-state index is 12.7. The fraction of sp³-hybridized carbons (Fsp3) is 0.462. The molecule has 1 amide bonds. The van der Waals surface area contributed by atoms with E-state index in [-0.39, 0.29) is 17.4 Å².